The molecular formula is C32H28ClF4N7O2. The summed E-state index contributed by atoms with van der Waals surface area (Å²) in [6.07, 6.45) is 0.825. The lowest BCUT2D eigenvalue weighted by atomic mass is 9.99. The minimum absolute atomic E-state index is 0.0274. The number of nitrogens with one attached hydrogen (secondary N) is 1. The number of halogens is 5. The van der Waals surface area contributed by atoms with Crippen molar-refractivity contribution < 1.29 is 27.0 Å². The van der Waals surface area contributed by atoms with Crippen molar-refractivity contribution in [3.8, 4) is 17.1 Å². The molecule has 0 saturated carbocycles. The van der Waals surface area contributed by atoms with Gasteiger partial charge in [-0.15, -0.1) is 10.2 Å². The Morgan fingerprint density at radius 2 is 1.96 bits per heavy atom. The van der Waals surface area contributed by atoms with Crippen molar-refractivity contribution in [3.05, 3.63) is 94.4 Å². The average Bonchev–Trinajstić information content (AvgIpc) is 3.64. The van der Waals surface area contributed by atoms with Crippen molar-refractivity contribution >= 4 is 28.3 Å². The van der Waals surface area contributed by atoms with Gasteiger partial charge in [0, 0.05) is 42.0 Å². The molecule has 0 amide bonds. The van der Waals surface area contributed by atoms with Crippen LogP contribution in [0, 0.1) is 5.82 Å². The Balaban J connectivity index is 1.06. The van der Waals surface area contributed by atoms with Crippen LogP contribution in [-0.4, -0.2) is 60.4 Å². The molecule has 5 heterocycles. The second kappa shape index (κ2) is 12.5. The monoisotopic (exact) mass is 653 g/mol. The summed E-state index contributed by atoms with van der Waals surface area (Å²) in [5.74, 6) is -0.154. The molecule has 14 heteroatoms. The third-order valence-electron chi connectivity index (χ3n) is 8.14. The van der Waals surface area contributed by atoms with E-state index in [2.05, 4.69) is 31.1 Å². The molecule has 3 aromatic heterocycles. The smallest absolute Gasteiger partial charge is 0.451 e. The minimum Gasteiger partial charge on any atom is -0.489 e. The average molecular weight is 654 g/mol. The summed E-state index contributed by atoms with van der Waals surface area (Å²) < 4.78 is 66.9. The molecule has 46 heavy (non-hydrogen) atoms. The standard InChI is InChI=1S/C32H28ClF4N7O2/c33-23-5-4-21(26(34)14-23)18-46-24-3-1-2-20(12-24)19-6-9-43(10-7-19)17-28-39-27-13-22(29-40-31(42-41-29)32(35,36)37)15-38-30(27)44(28)16-25-8-11-45-25/h1-6,12-15,25H,7-11,16-18H2,(H,40,41,42)/t25-/m0/s1. The lowest BCUT2D eigenvalue weighted by Crippen LogP contribution is -2.33. The second-order valence-electron chi connectivity index (χ2n) is 11.3. The van der Waals surface area contributed by atoms with Crippen LogP contribution < -0.4 is 4.74 Å². The van der Waals surface area contributed by atoms with Crippen LogP contribution in [-0.2, 0) is 30.6 Å². The first-order valence-corrected chi connectivity index (χ1v) is 15.1. The van der Waals surface area contributed by atoms with Crippen molar-refractivity contribution in [2.75, 3.05) is 19.7 Å². The maximum absolute atomic E-state index is 14.2. The summed E-state index contributed by atoms with van der Waals surface area (Å²) in [5.41, 5.74) is 4.21. The quantitative estimate of drug-likeness (QED) is 0.177. The number of ether oxygens (including phenoxy) is 2. The highest BCUT2D eigenvalue weighted by molar-refractivity contribution is 6.30. The van der Waals surface area contributed by atoms with E-state index < -0.39 is 17.8 Å². The van der Waals surface area contributed by atoms with E-state index >= 15 is 0 Å². The molecule has 0 unspecified atom stereocenters. The Kier molecular flexibility index (Phi) is 8.22. The van der Waals surface area contributed by atoms with Gasteiger partial charge < -0.3 is 19.0 Å². The Morgan fingerprint density at radius 3 is 2.67 bits per heavy atom. The fourth-order valence-corrected chi connectivity index (χ4v) is 5.71. The second-order valence-corrected chi connectivity index (χ2v) is 11.7. The molecule has 0 bridgehead atoms. The number of alkyl halides is 3. The van der Waals surface area contributed by atoms with Crippen LogP contribution in [0.2, 0.25) is 5.02 Å². The lowest BCUT2D eigenvalue weighted by molar-refractivity contribution is -0.144. The number of nitrogens with zero attached hydrogens (tertiary/aromatic N) is 6. The molecular weight excluding hydrogens is 626 g/mol. The highest BCUT2D eigenvalue weighted by Crippen LogP contribution is 2.30. The number of benzene rings is 2. The Bertz CT molecular complexity index is 1920. The number of H-pyrrole nitrogens is 1. The van der Waals surface area contributed by atoms with Gasteiger partial charge in [-0.05, 0) is 54.3 Å². The van der Waals surface area contributed by atoms with E-state index in [0.717, 1.165) is 30.8 Å². The molecule has 5 aromatic rings. The Morgan fingerprint density at radius 1 is 1.09 bits per heavy atom. The first-order valence-electron chi connectivity index (χ1n) is 14.7. The summed E-state index contributed by atoms with van der Waals surface area (Å²) in [6, 6.07) is 14.0. The van der Waals surface area contributed by atoms with Crippen molar-refractivity contribution in [3.63, 3.8) is 0 Å². The predicted octanol–water partition coefficient (Wildman–Crippen LogP) is 6.68. The van der Waals surface area contributed by atoms with Gasteiger partial charge in [0.1, 0.15) is 29.5 Å². The van der Waals surface area contributed by atoms with E-state index in [1.54, 1.807) is 18.2 Å². The normalized spacial score (nSPS) is 17.2. The first kappa shape index (κ1) is 30.3. The molecule has 9 nitrogen and oxygen atoms in total. The van der Waals surface area contributed by atoms with Crippen molar-refractivity contribution in [2.24, 2.45) is 0 Å². The summed E-state index contributed by atoms with van der Waals surface area (Å²) >= 11 is 5.85. The number of hydrogen-bond acceptors (Lipinski definition) is 7. The largest absolute Gasteiger partial charge is 0.489 e. The molecule has 0 aliphatic carbocycles. The van der Waals surface area contributed by atoms with Crippen molar-refractivity contribution in [1.29, 1.82) is 0 Å². The van der Waals surface area contributed by atoms with Crippen molar-refractivity contribution in [1.82, 2.24) is 34.6 Å². The molecule has 1 fully saturated rings. The van der Waals surface area contributed by atoms with Gasteiger partial charge in [-0.2, -0.15) is 13.2 Å². The van der Waals surface area contributed by atoms with E-state index in [0.29, 0.717) is 59.3 Å². The van der Waals surface area contributed by atoms with E-state index in [-0.39, 0.29) is 18.5 Å². The molecule has 7 rings (SSSR count). The summed E-state index contributed by atoms with van der Waals surface area (Å²) in [6.45, 7) is 3.42. The summed E-state index contributed by atoms with van der Waals surface area (Å²) in [4.78, 5) is 13.9. The van der Waals surface area contributed by atoms with Gasteiger partial charge in [-0.25, -0.2) is 14.4 Å². The molecule has 0 spiro atoms. The zero-order valence-corrected chi connectivity index (χ0v) is 25.2. The highest BCUT2D eigenvalue weighted by Gasteiger charge is 2.35. The van der Waals surface area contributed by atoms with E-state index in [1.165, 1.54) is 17.8 Å². The summed E-state index contributed by atoms with van der Waals surface area (Å²) in [7, 11) is 0. The zero-order valence-electron chi connectivity index (χ0n) is 24.4. The van der Waals surface area contributed by atoms with Gasteiger partial charge in [-0.3, -0.25) is 4.90 Å². The maximum Gasteiger partial charge on any atom is 0.451 e. The molecule has 1 N–H and O–H groups in total. The first-order chi connectivity index (χ1) is 22.2. The van der Waals surface area contributed by atoms with Crippen LogP contribution in [0.15, 0.2) is 60.8 Å². The number of pyridine rings is 1. The van der Waals surface area contributed by atoms with Gasteiger partial charge in [-0.1, -0.05) is 35.9 Å². The Labute approximate surface area is 265 Å². The lowest BCUT2D eigenvalue weighted by Gasteiger charge is -2.29. The van der Waals surface area contributed by atoms with Crippen molar-refractivity contribution in [2.45, 2.75) is 44.8 Å². The summed E-state index contributed by atoms with van der Waals surface area (Å²) in [5, 5.41) is 7.22. The molecule has 0 radical (unpaired) electrons. The van der Waals surface area contributed by atoms with Crippen LogP contribution in [0.25, 0.3) is 28.1 Å². The van der Waals surface area contributed by atoms with E-state index in [1.807, 2.05) is 28.8 Å². The molecule has 1 saturated heterocycles. The zero-order chi connectivity index (χ0) is 31.8. The molecule has 2 aromatic carbocycles. The number of aromatic nitrogens is 6. The van der Waals surface area contributed by atoms with E-state index in [4.69, 9.17) is 26.1 Å². The van der Waals surface area contributed by atoms with Crippen LogP contribution in [0.3, 0.4) is 0 Å². The number of rotatable bonds is 9. The fraction of sp³-hybridized carbons (Fsp3) is 0.312. The van der Waals surface area contributed by atoms with Gasteiger partial charge >= 0.3 is 6.18 Å². The molecule has 238 valence electrons. The number of hydrogen-bond donors (Lipinski definition) is 1. The number of imidazole rings is 1. The van der Waals surface area contributed by atoms with Gasteiger partial charge in [0.2, 0.25) is 5.82 Å². The number of aromatic amines is 1. The fourth-order valence-electron chi connectivity index (χ4n) is 5.55. The van der Waals surface area contributed by atoms with Gasteiger partial charge in [0.15, 0.2) is 11.5 Å². The maximum atomic E-state index is 14.2. The molecule has 2 aliphatic heterocycles. The molecule has 2 aliphatic rings. The number of fused-ring (bicyclic) bond motifs is 1. The third-order valence-corrected chi connectivity index (χ3v) is 8.38. The SMILES string of the molecule is Fc1cc(Cl)ccc1COc1cccc(C2=CCN(Cc3nc4cc(-c5nnc(C(F)(F)F)[nH]5)cnc4n3C[C@@H]3CCO3)CC2)c1. The minimum atomic E-state index is -4.63. The predicted molar refractivity (Wildman–Crippen MR) is 162 cm³/mol. The topological polar surface area (TPSA) is 94.0 Å². The van der Waals surface area contributed by atoms with Crippen LogP contribution in [0.1, 0.15) is 35.6 Å². The highest BCUT2D eigenvalue weighted by atomic mass is 35.5. The molecule has 1 atom stereocenters. The van der Waals surface area contributed by atoms with Gasteiger partial charge in [0.05, 0.1) is 19.2 Å². The van der Waals surface area contributed by atoms with Crippen LogP contribution >= 0.6 is 11.6 Å². The van der Waals surface area contributed by atoms with Crippen LogP contribution in [0.5, 0.6) is 5.75 Å². The van der Waals surface area contributed by atoms with Gasteiger partial charge in [0.25, 0.3) is 0 Å². The third kappa shape index (κ3) is 6.48. The van der Waals surface area contributed by atoms with E-state index in [9.17, 15) is 17.6 Å². The van der Waals surface area contributed by atoms with Crippen LogP contribution in [0.4, 0.5) is 17.6 Å². The Hall–Kier alpha value is -4.33.